The standard InChI is InChI=1S/C19H20ClFN2/c20-17-5-1-12-7-9-22-10-8-16(12)19(17)23-18-6-2-13-11-14(21)3-4-15(13)18/h1,3-5,11,18,22-23H,2,6-10H2. The molecule has 0 radical (unpaired) electrons. The molecule has 2 aromatic rings. The summed E-state index contributed by atoms with van der Waals surface area (Å²) in [6.45, 7) is 1.99. The third-order valence-electron chi connectivity index (χ3n) is 4.98. The first-order valence-corrected chi connectivity index (χ1v) is 8.66. The molecule has 1 aliphatic heterocycles. The van der Waals surface area contributed by atoms with Gasteiger partial charge in [-0.05, 0) is 79.2 Å². The fourth-order valence-corrected chi connectivity index (χ4v) is 4.04. The van der Waals surface area contributed by atoms with Crippen molar-refractivity contribution in [1.29, 1.82) is 0 Å². The summed E-state index contributed by atoms with van der Waals surface area (Å²) in [7, 11) is 0. The van der Waals surface area contributed by atoms with E-state index in [0.717, 1.165) is 55.0 Å². The molecule has 4 heteroatoms. The van der Waals surface area contributed by atoms with Crippen molar-refractivity contribution in [2.45, 2.75) is 31.7 Å². The van der Waals surface area contributed by atoms with Crippen LogP contribution in [0.25, 0.3) is 0 Å². The van der Waals surface area contributed by atoms with Crippen LogP contribution < -0.4 is 10.6 Å². The van der Waals surface area contributed by atoms with Crippen LogP contribution >= 0.6 is 11.6 Å². The maximum Gasteiger partial charge on any atom is 0.123 e. The normalized spacial score (nSPS) is 19.8. The number of anilines is 1. The summed E-state index contributed by atoms with van der Waals surface area (Å²) >= 11 is 6.50. The molecule has 120 valence electrons. The summed E-state index contributed by atoms with van der Waals surface area (Å²) < 4.78 is 13.4. The molecule has 2 N–H and O–H groups in total. The van der Waals surface area contributed by atoms with Gasteiger partial charge in [-0.3, -0.25) is 0 Å². The predicted octanol–water partition coefficient (Wildman–Crippen LogP) is 4.27. The highest BCUT2D eigenvalue weighted by Crippen LogP contribution is 2.38. The molecule has 0 saturated heterocycles. The van der Waals surface area contributed by atoms with Gasteiger partial charge in [0.25, 0.3) is 0 Å². The second-order valence-corrected chi connectivity index (χ2v) is 6.80. The van der Waals surface area contributed by atoms with Crippen LogP contribution in [0.15, 0.2) is 30.3 Å². The second kappa shape index (κ2) is 6.14. The molecule has 0 saturated carbocycles. The van der Waals surface area contributed by atoms with E-state index in [1.54, 1.807) is 12.1 Å². The minimum Gasteiger partial charge on any atom is -0.377 e. The van der Waals surface area contributed by atoms with Crippen molar-refractivity contribution >= 4 is 17.3 Å². The first-order valence-electron chi connectivity index (χ1n) is 8.28. The lowest BCUT2D eigenvalue weighted by Gasteiger charge is -2.21. The van der Waals surface area contributed by atoms with Crippen LogP contribution in [0.1, 0.15) is 34.7 Å². The van der Waals surface area contributed by atoms with Gasteiger partial charge in [0.15, 0.2) is 0 Å². The molecule has 0 fully saturated rings. The zero-order valence-corrected chi connectivity index (χ0v) is 13.7. The van der Waals surface area contributed by atoms with Gasteiger partial charge in [0.05, 0.1) is 16.8 Å². The zero-order valence-electron chi connectivity index (χ0n) is 13.0. The Morgan fingerprint density at radius 2 is 1.91 bits per heavy atom. The minimum atomic E-state index is -0.151. The Balaban J connectivity index is 1.68. The van der Waals surface area contributed by atoms with E-state index in [9.17, 15) is 4.39 Å². The first kappa shape index (κ1) is 15.0. The molecule has 2 aliphatic rings. The number of aryl methyl sites for hydroxylation is 1. The Hall–Kier alpha value is -1.58. The fourth-order valence-electron chi connectivity index (χ4n) is 3.81. The number of fused-ring (bicyclic) bond motifs is 2. The third-order valence-corrected chi connectivity index (χ3v) is 5.30. The van der Waals surface area contributed by atoms with E-state index in [1.807, 2.05) is 12.1 Å². The van der Waals surface area contributed by atoms with Crippen molar-refractivity contribution in [3.05, 3.63) is 63.4 Å². The minimum absolute atomic E-state index is 0.151. The highest BCUT2D eigenvalue weighted by Gasteiger charge is 2.25. The fraction of sp³-hybridized carbons (Fsp3) is 0.368. The van der Waals surface area contributed by atoms with Crippen molar-refractivity contribution in [2.24, 2.45) is 0 Å². The quantitative estimate of drug-likeness (QED) is 0.859. The predicted molar refractivity (Wildman–Crippen MR) is 92.8 cm³/mol. The second-order valence-electron chi connectivity index (χ2n) is 6.39. The summed E-state index contributed by atoms with van der Waals surface area (Å²) in [5.41, 5.74) is 6.08. The van der Waals surface area contributed by atoms with E-state index in [1.165, 1.54) is 16.7 Å². The molecule has 4 rings (SSSR count). The molecule has 1 atom stereocenters. The van der Waals surface area contributed by atoms with Crippen LogP contribution in [-0.2, 0) is 19.3 Å². The Labute approximate surface area is 141 Å². The topological polar surface area (TPSA) is 24.1 Å². The lowest BCUT2D eigenvalue weighted by molar-refractivity contribution is 0.626. The van der Waals surface area contributed by atoms with Gasteiger partial charge < -0.3 is 10.6 Å². The third kappa shape index (κ3) is 2.84. The number of hydrogen-bond acceptors (Lipinski definition) is 2. The number of rotatable bonds is 2. The van der Waals surface area contributed by atoms with Gasteiger partial charge in [-0.25, -0.2) is 4.39 Å². The highest BCUT2D eigenvalue weighted by molar-refractivity contribution is 6.33. The smallest absolute Gasteiger partial charge is 0.123 e. The Kier molecular flexibility index (Phi) is 4.00. The summed E-state index contributed by atoms with van der Waals surface area (Å²) in [6, 6.07) is 9.48. The Morgan fingerprint density at radius 1 is 1.04 bits per heavy atom. The summed E-state index contributed by atoms with van der Waals surface area (Å²) in [6.07, 6.45) is 3.92. The van der Waals surface area contributed by atoms with Crippen molar-refractivity contribution in [2.75, 3.05) is 18.4 Å². The van der Waals surface area contributed by atoms with Crippen LogP contribution in [-0.4, -0.2) is 13.1 Å². The van der Waals surface area contributed by atoms with Gasteiger partial charge in [0.1, 0.15) is 5.82 Å². The SMILES string of the molecule is Fc1ccc2c(c1)CCC2Nc1c(Cl)ccc2c1CCNCC2. The number of halogens is 2. The molecule has 1 aliphatic carbocycles. The molecular weight excluding hydrogens is 311 g/mol. The van der Waals surface area contributed by atoms with Crippen molar-refractivity contribution in [3.8, 4) is 0 Å². The summed E-state index contributed by atoms with van der Waals surface area (Å²) in [5, 5.41) is 7.88. The first-order chi connectivity index (χ1) is 11.2. The van der Waals surface area contributed by atoms with Crippen molar-refractivity contribution in [1.82, 2.24) is 5.32 Å². The van der Waals surface area contributed by atoms with E-state index in [-0.39, 0.29) is 11.9 Å². The molecule has 0 amide bonds. The molecule has 2 aromatic carbocycles. The van der Waals surface area contributed by atoms with Gasteiger partial charge >= 0.3 is 0 Å². The van der Waals surface area contributed by atoms with Crippen molar-refractivity contribution in [3.63, 3.8) is 0 Å². The van der Waals surface area contributed by atoms with Gasteiger partial charge in [-0.1, -0.05) is 23.7 Å². The van der Waals surface area contributed by atoms with Crippen LogP contribution in [0.4, 0.5) is 10.1 Å². The molecule has 2 nitrogen and oxygen atoms in total. The highest BCUT2D eigenvalue weighted by atomic mass is 35.5. The summed E-state index contributed by atoms with van der Waals surface area (Å²) in [5.74, 6) is -0.151. The molecule has 1 unspecified atom stereocenters. The monoisotopic (exact) mass is 330 g/mol. The van der Waals surface area contributed by atoms with Crippen molar-refractivity contribution < 1.29 is 4.39 Å². The van der Waals surface area contributed by atoms with Gasteiger partial charge in [-0.2, -0.15) is 0 Å². The molecular formula is C19H20ClFN2. The van der Waals surface area contributed by atoms with Crippen LogP contribution in [0.5, 0.6) is 0 Å². The van der Waals surface area contributed by atoms with Gasteiger partial charge in [0.2, 0.25) is 0 Å². The largest absolute Gasteiger partial charge is 0.377 e. The molecule has 1 heterocycles. The van der Waals surface area contributed by atoms with E-state index in [0.29, 0.717) is 0 Å². The van der Waals surface area contributed by atoms with E-state index in [2.05, 4.69) is 16.7 Å². The number of nitrogens with one attached hydrogen (secondary N) is 2. The van der Waals surface area contributed by atoms with Gasteiger partial charge in [-0.15, -0.1) is 0 Å². The van der Waals surface area contributed by atoms with Crippen LogP contribution in [0.3, 0.4) is 0 Å². The molecule has 0 bridgehead atoms. The molecule has 0 aromatic heterocycles. The van der Waals surface area contributed by atoms with E-state index < -0.39 is 0 Å². The molecule has 0 spiro atoms. The van der Waals surface area contributed by atoms with Gasteiger partial charge in [0, 0.05) is 0 Å². The Bertz CT molecular complexity index is 744. The van der Waals surface area contributed by atoms with E-state index >= 15 is 0 Å². The number of hydrogen-bond donors (Lipinski definition) is 2. The van der Waals surface area contributed by atoms with Crippen LogP contribution in [0, 0.1) is 5.82 Å². The lowest BCUT2D eigenvalue weighted by atomic mass is 9.99. The number of benzene rings is 2. The average Bonchev–Trinajstić information content (AvgIpc) is 2.78. The maximum absolute atomic E-state index is 13.4. The lowest BCUT2D eigenvalue weighted by Crippen LogP contribution is -2.16. The Morgan fingerprint density at radius 3 is 2.83 bits per heavy atom. The van der Waals surface area contributed by atoms with Crippen LogP contribution in [0.2, 0.25) is 5.02 Å². The van der Waals surface area contributed by atoms with E-state index in [4.69, 9.17) is 11.6 Å². The maximum atomic E-state index is 13.4. The molecule has 23 heavy (non-hydrogen) atoms. The summed E-state index contributed by atoms with van der Waals surface area (Å²) in [4.78, 5) is 0. The zero-order chi connectivity index (χ0) is 15.8. The average molecular weight is 331 g/mol.